The Morgan fingerprint density at radius 1 is 1.22 bits per heavy atom. The fourth-order valence-corrected chi connectivity index (χ4v) is 4.69. The molecule has 1 aliphatic heterocycles. The first-order valence-corrected chi connectivity index (χ1v) is 8.87. The zero-order chi connectivity index (χ0) is 13.0. The Morgan fingerprint density at radius 3 is 2.72 bits per heavy atom. The van der Waals surface area contributed by atoms with Gasteiger partial charge in [-0.25, -0.2) is 0 Å². The lowest BCUT2D eigenvalue weighted by Gasteiger charge is -2.38. The molecule has 0 bridgehead atoms. The Bertz CT molecular complexity index is 247. The van der Waals surface area contributed by atoms with Gasteiger partial charge in [0.1, 0.15) is 0 Å². The Kier molecular flexibility index (Phi) is 5.84. The molecule has 1 saturated carbocycles. The van der Waals surface area contributed by atoms with Gasteiger partial charge in [0.25, 0.3) is 0 Å². The van der Waals surface area contributed by atoms with Crippen molar-refractivity contribution in [1.82, 2.24) is 10.2 Å². The van der Waals surface area contributed by atoms with Gasteiger partial charge in [-0.05, 0) is 50.4 Å². The van der Waals surface area contributed by atoms with Gasteiger partial charge in [-0.1, -0.05) is 20.8 Å². The first-order chi connectivity index (χ1) is 8.72. The minimum Gasteiger partial charge on any atom is -0.311 e. The van der Waals surface area contributed by atoms with E-state index in [0.717, 1.165) is 23.3 Å². The summed E-state index contributed by atoms with van der Waals surface area (Å²) in [5.74, 6) is 2.10. The van der Waals surface area contributed by atoms with E-state index in [0.29, 0.717) is 0 Å². The monoisotopic (exact) mass is 270 g/mol. The molecular weight excluding hydrogens is 240 g/mol. The van der Waals surface area contributed by atoms with Crippen LogP contribution in [-0.4, -0.2) is 47.6 Å². The van der Waals surface area contributed by atoms with Crippen molar-refractivity contribution in [3.8, 4) is 0 Å². The van der Waals surface area contributed by atoms with Crippen LogP contribution in [0.4, 0.5) is 0 Å². The van der Waals surface area contributed by atoms with E-state index >= 15 is 0 Å². The highest BCUT2D eigenvalue weighted by atomic mass is 32.2. The highest BCUT2D eigenvalue weighted by Crippen LogP contribution is 2.31. The van der Waals surface area contributed by atoms with Gasteiger partial charge in [0, 0.05) is 23.9 Å². The minimum atomic E-state index is 0.767. The van der Waals surface area contributed by atoms with Gasteiger partial charge in [-0.2, -0.15) is 11.8 Å². The smallest absolute Gasteiger partial charge is 0.0120 e. The van der Waals surface area contributed by atoms with Crippen LogP contribution in [0.2, 0.25) is 0 Å². The summed E-state index contributed by atoms with van der Waals surface area (Å²) < 4.78 is 0. The van der Waals surface area contributed by atoms with Gasteiger partial charge in [-0.3, -0.25) is 0 Å². The largest absolute Gasteiger partial charge is 0.311 e. The number of hydrogen-bond donors (Lipinski definition) is 1. The molecule has 3 heteroatoms. The summed E-state index contributed by atoms with van der Waals surface area (Å²) in [6.07, 6.45) is 5.58. The van der Waals surface area contributed by atoms with Crippen molar-refractivity contribution in [2.75, 3.05) is 25.4 Å². The van der Waals surface area contributed by atoms with Gasteiger partial charge in [0.05, 0.1) is 0 Å². The molecule has 0 amide bonds. The average molecular weight is 270 g/mol. The molecule has 0 radical (unpaired) electrons. The number of likely N-dealkylation sites (tertiary alicyclic amines) is 1. The molecule has 2 fully saturated rings. The second-order valence-electron chi connectivity index (χ2n) is 6.02. The molecule has 1 heterocycles. The second kappa shape index (κ2) is 7.16. The lowest BCUT2D eigenvalue weighted by Crippen LogP contribution is -2.50. The van der Waals surface area contributed by atoms with Gasteiger partial charge in [-0.15, -0.1) is 0 Å². The van der Waals surface area contributed by atoms with Crippen LogP contribution in [0.25, 0.3) is 0 Å². The van der Waals surface area contributed by atoms with Crippen molar-refractivity contribution in [2.24, 2.45) is 5.92 Å². The number of rotatable bonds is 5. The summed E-state index contributed by atoms with van der Waals surface area (Å²) in [7, 11) is 0. The highest BCUT2D eigenvalue weighted by molar-refractivity contribution is 7.99. The maximum Gasteiger partial charge on any atom is 0.0120 e. The van der Waals surface area contributed by atoms with E-state index < -0.39 is 0 Å². The lowest BCUT2D eigenvalue weighted by atomic mass is 9.93. The number of piperidine rings is 1. The van der Waals surface area contributed by atoms with E-state index in [1.165, 1.54) is 51.1 Å². The topological polar surface area (TPSA) is 15.3 Å². The molecule has 2 aliphatic rings. The Labute approximate surface area is 117 Å². The zero-order valence-corrected chi connectivity index (χ0v) is 13.1. The summed E-state index contributed by atoms with van der Waals surface area (Å²) in [4.78, 5) is 2.59. The molecule has 0 aromatic rings. The van der Waals surface area contributed by atoms with Crippen molar-refractivity contribution in [3.63, 3.8) is 0 Å². The third-order valence-electron chi connectivity index (χ3n) is 4.67. The molecule has 1 saturated heterocycles. The molecule has 2 nitrogen and oxygen atoms in total. The van der Waals surface area contributed by atoms with Crippen molar-refractivity contribution < 1.29 is 0 Å². The standard InChI is InChI=1S/C15H30N2S/c1-4-17-9-8-15(12(3)11-17)16-13-6-7-14(10-13)18-5-2/h12-16H,4-11H2,1-3H3/t12-,13-,14+,15-/m0/s1. The molecule has 2 rings (SSSR count). The summed E-state index contributed by atoms with van der Waals surface area (Å²) in [5, 5.41) is 4.89. The second-order valence-corrected chi connectivity index (χ2v) is 7.60. The van der Waals surface area contributed by atoms with Crippen LogP contribution in [0.5, 0.6) is 0 Å². The van der Waals surface area contributed by atoms with Crippen LogP contribution in [0.1, 0.15) is 46.5 Å². The maximum absolute atomic E-state index is 3.96. The number of thioether (sulfide) groups is 1. The third kappa shape index (κ3) is 3.88. The zero-order valence-electron chi connectivity index (χ0n) is 12.3. The predicted molar refractivity (Wildman–Crippen MR) is 82.4 cm³/mol. The molecule has 0 unspecified atom stereocenters. The first-order valence-electron chi connectivity index (χ1n) is 7.82. The summed E-state index contributed by atoms with van der Waals surface area (Å²) >= 11 is 2.16. The van der Waals surface area contributed by atoms with Crippen LogP contribution < -0.4 is 5.32 Å². The average Bonchev–Trinajstić information content (AvgIpc) is 2.80. The molecule has 0 spiro atoms. The summed E-state index contributed by atoms with van der Waals surface area (Å²) in [6, 6.07) is 1.57. The van der Waals surface area contributed by atoms with E-state index in [9.17, 15) is 0 Å². The summed E-state index contributed by atoms with van der Waals surface area (Å²) in [5.41, 5.74) is 0. The van der Waals surface area contributed by atoms with Crippen molar-refractivity contribution in [2.45, 2.75) is 63.8 Å². The molecule has 0 aromatic heterocycles. The van der Waals surface area contributed by atoms with Crippen LogP contribution in [0.3, 0.4) is 0 Å². The van der Waals surface area contributed by atoms with Crippen LogP contribution in [0, 0.1) is 5.92 Å². The Morgan fingerprint density at radius 2 is 2.06 bits per heavy atom. The van der Waals surface area contributed by atoms with Gasteiger partial charge in [0.2, 0.25) is 0 Å². The maximum atomic E-state index is 3.96. The molecular formula is C15H30N2S. The van der Waals surface area contributed by atoms with Crippen molar-refractivity contribution in [1.29, 1.82) is 0 Å². The fourth-order valence-electron chi connectivity index (χ4n) is 3.55. The number of hydrogen-bond acceptors (Lipinski definition) is 3. The minimum absolute atomic E-state index is 0.767. The first kappa shape index (κ1) is 14.7. The molecule has 18 heavy (non-hydrogen) atoms. The van der Waals surface area contributed by atoms with Crippen LogP contribution in [0.15, 0.2) is 0 Å². The van der Waals surface area contributed by atoms with E-state index in [1.54, 1.807) is 0 Å². The number of nitrogens with one attached hydrogen (secondary N) is 1. The van der Waals surface area contributed by atoms with E-state index in [-0.39, 0.29) is 0 Å². The van der Waals surface area contributed by atoms with Gasteiger partial charge in [0.15, 0.2) is 0 Å². The van der Waals surface area contributed by atoms with Crippen LogP contribution >= 0.6 is 11.8 Å². The van der Waals surface area contributed by atoms with E-state index in [1.807, 2.05) is 0 Å². The quantitative estimate of drug-likeness (QED) is 0.827. The Hall–Kier alpha value is 0.270. The van der Waals surface area contributed by atoms with Crippen molar-refractivity contribution in [3.05, 3.63) is 0 Å². The van der Waals surface area contributed by atoms with E-state index in [2.05, 4.69) is 42.7 Å². The SMILES string of the molecule is CCS[C@@H]1CC[C@H](N[C@H]2CCN(CC)C[C@@H]2C)C1. The van der Waals surface area contributed by atoms with Gasteiger partial charge >= 0.3 is 0 Å². The molecule has 106 valence electrons. The normalized spacial score (nSPS) is 38.2. The predicted octanol–water partition coefficient (Wildman–Crippen LogP) is 2.98. The molecule has 1 aliphatic carbocycles. The fraction of sp³-hybridized carbons (Fsp3) is 1.00. The molecule has 0 aromatic carbocycles. The lowest BCUT2D eigenvalue weighted by molar-refractivity contribution is 0.146. The van der Waals surface area contributed by atoms with Gasteiger partial charge < -0.3 is 10.2 Å². The third-order valence-corrected chi connectivity index (χ3v) is 5.91. The van der Waals surface area contributed by atoms with E-state index in [4.69, 9.17) is 0 Å². The van der Waals surface area contributed by atoms with Crippen molar-refractivity contribution >= 4 is 11.8 Å². The Balaban J connectivity index is 1.73. The number of nitrogens with zero attached hydrogens (tertiary/aromatic N) is 1. The van der Waals surface area contributed by atoms with Crippen LogP contribution in [-0.2, 0) is 0 Å². The summed E-state index contributed by atoms with van der Waals surface area (Å²) in [6.45, 7) is 10.8. The molecule has 4 atom stereocenters. The molecule has 1 N–H and O–H groups in total. The highest BCUT2D eigenvalue weighted by Gasteiger charge is 2.30.